The summed E-state index contributed by atoms with van der Waals surface area (Å²) in [6.07, 6.45) is 0. The van der Waals surface area contributed by atoms with Gasteiger partial charge in [-0.2, -0.15) is 0 Å². The van der Waals surface area contributed by atoms with Crippen LogP contribution in [0.2, 0.25) is 0 Å². The van der Waals surface area contributed by atoms with E-state index >= 15 is 0 Å². The molecule has 0 saturated carbocycles. The number of carboxylic acids is 1. The van der Waals surface area contributed by atoms with Gasteiger partial charge in [-0.15, -0.1) is 0 Å². The van der Waals surface area contributed by atoms with Gasteiger partial charge in [0.05, 0.1) is 6.54 Å². The third kappa shape index (κ3) is 2.95. The van der Waals surface area contributed by atoms with E-state index in [0.717, 1.165) is 0 Å². The second-order valence-electron chi connectivity index (χ2n) is 3.77. The molecule has 0 aliphatic carbocycles. The maximum atomic E-state index is 13.3. The number of nitrogens with one attached hydrogen (secondary N) is 1. The van der Waals surface area contributed by atoms with Crippen molar-refractivity contribution in [2.75, 3.05) is 0 Å². The summed E-state index contributed by atoms with van der Waals surface area (Å²) >= 11 is 0. The van der Waals surface area contributed by atoms with E-state index in [9.17, 15) is 9.18 Å². The zero-order chi connectivity index (χ0) is 13.0. The fourth-order valence-electron chi connectivity index (χ4n) is 1.55. The second kappa shape index (κ2) is 5.46. The average molecular weight is 249 g/mol. The maximum absolute atomic E-state index is 13.3. The van der Waals surface area contributed by atoms with Crippen LogP contribution < -0.4 is 5.32 Å². The van der Waals surface area contributed by atoms with Gasteiger partial charge in [-0.25, -0.2) is 9.18 Å². The van der Waals surface area contributed by atoms with Crippen molar-refractivity contribution in [3.05, 3.63) is 59.3 Å². The zero-order valence-electron chi connectivity index (χ0n) is 9.52. The Hall–Kier alpha value is -2.14. The third-order valence-corrected chi connectivity index (χ3v) is 2.44. The largest absolute Gasteiger partial charge is 0.475 e. The summed E-state index contributed by atoms with van der Waals surface area (Å²) in [5.74, 6) is -0.965. The Kier molecular flexibility index (Phi) is 3.74. The first-order chi connectivity index (χ1) is 8.66. The van der Waals surface area contributed by atoms with Crippen LogP contribution in [-0.4, -0.2) is 11.1 Å². The lowest BCUT2D eigenvalue weighted by Gasteiger charge is -2.03. The summed E-state index contributed by atoms with van der Waals surface area (Å²) in [6, 6.07) is 9.44. The average Bonchev–Trinajstić information content (AvgIpc) is 2.80. The predicted octanol–water partition coefficient (Wildman–Crippen LogP) is 2.41. The molecule has 0 saturated heterocycles. The number of aromatic carboxylic acids is 1. The number of furan rings is 1. The molecule has 0 amide bonds. The van der Waals surface area contributed by atoms with Gasteiger partial charge in [-0.05, 0) is 18.2 Å². The lowest BCUT2D eigenvalue weighted by atomic mass is 10.2. The molecule has 1 heterocycles. The maximum Gasteiger partial charge on any atom is 0.371 e. The number of halogens is 1. The molecule has 0 aliphatic rings. The number of carboxylic acid groups (broad SMARTS) is 1. The monoisotopic (exact) mass is 249 g/mol. The van der Waals surface area contributed by atoms with E-state index in [1.807, 2.05) is 0 Å². The predicted molar refractivity (Wildman–Crippen MR) is 62.6 cm³/mol. The Morgan fingerprint density at radius 3 is 2.67 bits per heavy atom. The van der Waals surface area contributed by atoms with E-state index < -0.39 is 5.97 Å². The van der Waals surface area contributed by atoms with Crippen molar-refractivity contribution in [3.63, 3.8) is 0 Å². The van der Waals surface area contributed by atoms with Crippen molar-refractivity contribution in [1.29, 1.82) is 0 Å². The van der Waals surface area contributed by atoms with Crippen molar-refractivity contribution in [2.24, 2.45) is 0 Å². The van der Waals surface area contributed by atoms with Gasteiger partial charge in [0.15, 0.2) is 0 Å². The van der Waals surface area contributed by atoms with Gasteiger partial charge in [0.2, 0.25) is 5.76 Å². The molecule has 18 heavy (non-hydrogen) atoms. The molecular weight excluding hydrogens is 237 g/mol. The number of hydrogen-bond donors (Lipinski definition) is 2. The van der Waals surface area contributed by atoms with Crippen LogP contribution in [0.25, 0.3) is 0 Å². The Morgan fingerprint density at radius 2 is 2.00 bits per heavy atom. The van der Waals surface area contributed by atoms with E-state index in [4.69, 9.17) is 9.52 Å². The SMILES string of the molecule is O=C(O)c1ccc(CNCc2ccccc2F)o1. The molecule has 2 rings (SSSR count). The van der Waals surface area contributed by atoms with Crippen LogP contribution in [0, 0.1) is 5.82 Å². The quantitative estimate of drug-likeness (QED) is 0.854. The summed E-state index contributed by atoms with van der Waals surface area (Å²) < 4.78 is 18.3. The summed E-state index contributed by atoms with van der Waals surface area (Å²) in [5.41, 5.74) is 0.558. The Morgan fingerprint density at radius 1 is 1.22 bits per heavy atom. The van der Waals surface area contributed by atoms with E-state index in [2.05, 4.69) is 5.32 Å². The summed E-state index contributed by atoms with van der Waals surface area (Å²) in [5, 5.41) is 11.7. The molecule has 0 bridgehead atoms. The van der Waals surface area contributed by atoms with Gasteiger partial charge < -0.3 is 14.8 Å². The third-order valence-electron chi connectivity index (χ3n) is 2.44. The normalized spacial score (nSPS) is 10.5. The first-order valence-corrected chi connectivity index (χ1v) is 5.43. The van der Waals surface area contributed by atoms with Gasteiger partial charge in [0, 0.05) is 12.1 Å². The van der Waals surface area contributed by atoms with Crippen LogP contribution in [0.5, 0.6) is 0 Å². The van der Waals surface area contributed by atoms with Crippen LogP contribution in [0.4, 0.5) is 4.39 Å². The highest BCUT2D eigenvalue weighted by Gasteiger charge is 2.08. The van der Waals surface area contributed by atoms with E-state index in [1.165, 1.54) is 12.1 Å². The first-order valence-electron chi connectivity index (χ1n) is 5.43. The minimum absolute atomic E-state index is 0.0994. The molecule has 4 nitrogen and oxygen atoms in total. The van der Waals surface area contributed by atoms with E-state index in [-0.39, 0.29) is 11.6 Å². The molecule has 0 aliphatic heterocycles. The number of carbonyl (C=O) groups is 1. The molecule has 0 fully saturated rings. The highest BCUT2D eigenvalue weighted by atomic mass is 19.1. The van der Waals surface area contributed by atoms with E-state index in [1.54, 1.807) is 24.3 Å². The fourth-order valence-corrected chi connectivity index (χ4v) is 1.55. The first kappa shape index (κ1) is 12.3. The summed E-state index contributed by atoms with van der Waals surface area (Å²) in [6.45, 7) is 0.706. The van der Waals surface area contributed by atoms with Gasteiger partial charge in [0.25, 0.3) is 0 Å². The minimum Gasteiger partial charge on any atom is -0.475 e. The number of hydrogen-bond acceptors (Lipinski definition) is 3. The van der Waals surface area contributed by atoms with Crippen molar-refractivity contribution < 1.29 is 18.7 Å². The van der Waals surface area contributed by atoms with Crippen molar-refractivity contribution in [2.45, 2.75) is 13.1 Å². The summed E-state index contributed by atoms with van der Waals surface area (Å²) in [7, 11) is 0. The molecule has 94 valence electrons. The standard InChI is InChI=1S/C13H12FNO3/c14-11-4-2-1-3-9(11)7-15-8-10-5-6-12(18-10)13(16)17/h1-6,15H,7-8H2,(H,16,17). The Balaban J connectivity index is 1.88. The molecule has 2 N–H and O–H groups in total. The van der Waals surface area contributed by atoms with Crippen molar-refractivity contribution >= 4 is 5.97 Å². The van der Waals surface area contributed by atoms with Gasteiger partial charge in [0.1, 0.15) is 11.6 Å². The highest BCUT2D eigenvalue weighted by Crippen LogP contribution is 2.09. The molecule has 1 aromatic carbocycles. The van der Waals surface area contributed by atoms with Crippen LogP contribution in [0.3, 0.4) is 0 Å². The molecule has 2 aromatic rings. The molecule has 0 atom stereocenters. The minimum atomic E-state index is -1.10. The van der Waals surface area contributed by atoms with Crippen LogP contribution in [0.1, 0.15) is 21.9 Å². The van der Waals surface area contributed by atoms with Gasteiger partial charge >= 0.3 is 5.97 Å². The zero-order valence-corrected chi connectivity index (χ0v) is 9.52. The van der Waals surface area contributed by atoms with Crippen LogP contribution >= 0.6 is 0 Å². The van der Waals surface area contributed by atoms with Crippen LogP contribution in [-0.2, 0) is 13.1 Å². The van der Waals surface area contributed by atoms with Gasteiger partial charge in [-0.3, -0.25) is 0 Å². The lowest BCUT2D eigenvalue weighted by molar-refractivity contribution is 0.0660. The number of benzene rings is 1. The Bertz CT molecular complexity index is 551. The smallest absolute Gasteiger partial charge is 0.371 e. The molecule has 1 aromatic heterocycles. The fraction of sp³-hybridized carbons (Fsp3) is 0.154. The van der Waals surface area contributed by atoms with Crippen molar-refractivity contribution in [3.8, 4) is 0 Å². The molecule has 0 spiro atoms. The molecular formula is C13H12FNO3. The Labute approximate surface area is 103 Å². The van der Waals surface area contributed by atoms with Crippen LogP contribution in [0.15, 0.2) is 40.8 Å². The molecule has 0 unspecified atom stereocenters. The highest BCUT2D eigenvalue weighted by molar-refractivity contribution is 5.84. The van der Waals surface area contributed by atoms with Crippen molar-refractivity contribution in [1.82, 2.24) is 5.32 Å². The topological polar surface area (TPSA) is 62.5 Å². The summed E-state index contributed by atoms with van der Waals surface area (Å²) in [4.78, 5) is 10.6. The number of rotatable bonds is 5. The second-order valence-corrected chi connectivity index (χ2v) is 3.77. The van der Waals surface area contributed by atoms with Gasteiger partial charge in [-0.1, -0.05) is 18.2 Å². The molecule has 5 heteroatoms. The molecule has 0 radical (unpaired) electrons. The lowest BCUT2D eigenvalue weighted by Crippen LogP contribution is -2.13. The van der Waals surface area contributed by atoms with E-state index in [0.29, 0.717) is 24.4 Å².